The van der Waals surface area contributed by atoms with Crippen LogP contribution >= 0.6 is 22.6 Å². The first-order chi connectivity index (χ1) is 16.5. The van der Waals surface area contributed by atoms with Crippen LogP contribution in [0.3, 0.4) is 0 Å². The van der Waals surface area contributed by atoms with Gasteiger partial charge in [0.2, 0.25) is 5.91 Å². The van der Waals surface area contributed by atoms with Gasteiger partial charge < -0.3 is 16.0 Å². The molecule has 194 valence electrons. The van der Waals surface area contributed by atoms with Crippen LogP contribution in [0.1, 0.15) is 58.5 Å². The summed E-state index contributed by atoms with van der Waals surface area (Å²) in [4.78, 5) is 38.6. The zero-order chi connectivity index (χ0) is 27.1. The fourth-order valence-electron chi connectivity index (χ4n) is 3.29. The number of halogens is 6. The Morgan fingerprint density at radius 1 is 0.972 bits per heavy atom. The van der Waals surface area contributed by atoms with Crippen LogP contribution in [0.5, 0.6) is 0 Å². The molecule has 0 bridgehead atoms. The number of anilines is 1. The molecular weight excluding hydrogens is 600 g/mol. The lowest BCUT2D eigenvalue weighted by Gasteiger charge is -2.26. The summed E-state index contributed by atoms with van der Waals surface area (Å²) in [5, 5.41) is 7.90. The van der Waals surface area contributed by atoms with Gasteiger partial charge in [0.1, 0.15) is 5.54 Å². The number of hydrogen-bond donors (Lipinski definition) is 3. The van der Waals surface area contributed by atoms with Gasteiger partial charge in [-0.3, -0.25) is 14.4 Å². The van der Waals surface area contributed by atoms with E-state index in [4.69, 9.17) is 0 Å². The summed E-state index contributed by atoms with van der Waals surface area (Å²) in [6.45, 7) is 4.33. The Morgan fingerprint density at radius 2 is 1.61 bits per heavy atom. The van der Waals surface area contributed by atoms with Gasteiger partial charge in [0.05, 0.1) is 11.1 Å². The van der Waals surface area contributed by atoms with Crippen LogP contribution in [0.15, 0.2) is 36.4 Å². The van der Waals surface area contributed by atoms with E-state index < -0.39 is 35.0 Å². The third-order valence-electron chi connectivity index (χ3n) is 5.58. The van der Waals surface area contributed by atoms with E-state index in [2.05, 4.69) is 16.0 Å². The highest BCUT2D eigenvalue weighted by Crippen LogP contribution is 2.44. The molecule has 0 spiro atoms. The maximum Gasteiger partial charge on any atom is 0.458 e. The monoisotopic (exact) mass is 623 g/mol. The minimum Gasteiger partial charge on any atom is -0.351 e. The molecule has 1 aliphatic carbocycles. The number of aryl methyl sites for hydroxylation is 1. The van der Waals surface area contributed by atoms with Gasteiger partial charge in [0.25, 0.3) is 11.8 Å². The molecule has 0 unspecified atom stereocenters. The summed E-state index contributed by atoms with van der Waals surface area (Å²) in [7, 11) is 0. The van der Waals surface area contributed by atoms with E-state index in [1.54, 1.807) is 6.07 Å². The maximum absolute atomic E-state index is 13.7. The van der Waals surface area contributed by atoms with Gasteiger partial charge in [-0.1, -0.05) is 12.1 Å². The molecule has 0 heterocycles. The molecule has 6 nitrogen and oxygen atoms in total. The molecule has 3 N–H and O–H groups in total. The van der Waals surface area contributed by atoms with Gasteiger partial charge in [-0.05, 0) is 86.0 Å². The smallest absolute Gasteiger partial charge is 0.351 e. The molecule has 0 saturated heterocycles. The number of nitrogens with one attached hydrogen (secondary N) is 3. The summed E-state index contributed by atoms with van der Waals surface area (Å²) in [5.41, 5.74) is -2.65. The standard InChI is InChI=1S/C24H23F5IN3O3/c1-12-11-13(23(25,26)24(27,28)29)7-10-17(12)32-19(34)15-5-4-6-16(30)18(15)20(35)33-22(2,3)21(36)31-14-8-9-14/h4-7,10-11,14H,8-9H2,1-3H3,(H,31,36)(H,32,34)(H,33,35). The maximum atomic E-state index is 13.7. The van der Waals surface area contributed by atoms with Crippen LogP contribution < -0.4 is 16.0 Å². The van der Waals surface area contributed by atoms with E-state index in [1.807, 2.05) is 22.6 Å². The van der Waals surface area contributed by atoms with Crippen LogP contribution in [0.2, 0.25) is 0 Å². The molecule has 2 aromatic carbocycles. The van der Waals surface area contributed by atoms with Gasteiger partial charge in [-0.25, -0.2) is 0 Å². The number of rotatable bonds is 7. The molecule has 36 heavy (non-hydrogen) atoms. The van der Waals surface area contributed by atoms with Crippen LogP contribution in [0, 0.1) is 10.5 Å². The van der Waals surface area contributed by atoms with Crippen molar-refractivity contribution in [3.63, 3.8) is 0 Å². The van der Waals surface area contributed by atoms with Gasteiger partial charge in [0.15, 0.2) is 0 Å². The zero-order valence-electron chi connectivity index (χ0n) is 19.4. The summed E-state index contributed by atoms with van der Waals surface area (Å²) in [6.07, 6.45) is -4.04. The van der Waals surface area contributed by atoms with Crippen molar-refractivity contribution in [3.8, 4) is 0 Å². The van der Waals surface area contributed by atoms with Crippen molar-refractivity contribution in [3.05, 3.63) is 62.2 Å². The summed E-state index contributed by atoms with van der Waals surface area (Å²) < 4.78 is 65.8. The normalized spacial score (nSPS) is 14.2. The lowest BCUT2D eigenvalue weighted by atomic mass is 10.0. The average molecular weight is 623 g/mol. The molecule has 1 fully saturated rings. The first-order valence-electron chi connectivity index (χ1n) is 10.8. The summed E-state index contributed by atoms with van der Waals surface area (Å²) >= 11 is 1.86. The number of alkyl halides is 5. The first kappa shape index (κ1) is 27.8. The molecule has 12 heteroatoms. The van der Waals surface area contributed by atoms with E-state index in [0.29, 0.717) is 15.7 Å². The van der Waals surface area contributed by atoms with Crippen molar-refractivity contribution in [2.75, 3.05) is 5.32 Å². The largest absolute Gasteiger partial charge is 0.458 e. The Morgan fingerprint density at radius 3 is 2.17 bits per heavy atom. The van der Waals surface area contributed by atoms with Crippen LogP contribution in [0.4, 0.5) is 27.6 Å². The van der Waals surface area contributed by atoms with Crippen molar-refractivity contribution in [2.24, 2.45) is 0 Å². The third kappa shape index (κ3) is 5.95. The van der Waals surface area contributed by atoms with E-state index in [1.165, 1.54) is 32.9 Å². The van der Waals surface area contributed by atoms with E-state index in [0.717, 1.165) is 18.9 Å². The number of amides is 3. The predicted molar refractivity (Wildman–Crippen MR) is 131 cm³/mol. The second-order valence-electron chi connectivity index (χ2n) is 9.05. The molecule has 3 amide bonds. The van der Waals surface area contributed by atoms with Crippen molar-refractivity contribution in [1.82, 2.24) is 10.6 Å². The minimum atomic E-state index is -5.77. The Hall–Kier alpha value is -2.77. The van der Waals surface area contributed by atoms with Gasteiger partial charge in [0, 0.05) is 20.9 Å². The van der Waals surface area contributed by atoms with Gasteiger partial charge in [-0.2, -0.15) is 22.0 Å². The number of carbonyl (C=O) groups excluding carboxylic acids is 3. The van der Waals surface area contributed by atoms with Crippen molar-refractivity contribution >= 4 is 46.0 Å². The average Bonchev–Trinajstić information content (AvgIpc) is 3.57. The zero-order valence-corrected chi connectivity index (χ0v) is 21.6. The van der Waals surface area contributed by atoms with E-state index >= 15 is 0 Å². The number of hydrogen-bond acceptors (Lipinski definition) is 3. The number of benzene rings is 2. The topological polar surface area (TPSA) is 87.3 Å². The molecule has 0 atom stereocenters. The Labute approximate surface area is 217 Å². The SMILES string of the molecule is Cc1cc(C(F)(F)C(F)(F)F)ccc1NC(=O)c1cccc(I)c1C(=O)NC(C)(C)C(=O)NC1CC1. The van der Waals surface area contributed by atoms with E-state index in [-0.39, 0.29) is 34.3 Å². The summed E-state index contributed by atoms with van der Waals surface area (Å²) in [6, 6.07) is 6.73. The third-order valence-corrected chi connectivity index (χ3v) is 6.48. The molecule has 0 aromatic heterocycles. The van der Waals surface area contributed by atoms with Crippen molar-refractivity contribution in [2.45, 2.75) is 57.3 Å². The molecule has 3 rings (SSSR count). The van der Waals surface area contributed by atoms with Crippen LogP contribution in [-0.4, -0.2) is 35.5 Å². The predicted octanol–water partition coefficient (Wildman–Crippen LogP) is 5.29. The fourth-order valence-corrected chi connectivity index (χ4v) is 4.04. The lowest BCUT2D eigenvalue weighted by Crippen LogP contribution is -2.55. The lowest BCUT2D eigenvalue weighted by molar-refractivity contribution is -0.289. The second kappa shape index (κ2) is 9.94. The van der Waals surface area contributed by atoms with Crippen molar-refractivity contribution in [1.29, 1.82) is 0 Å². The molecule has 1 saturated carbocycles. The fraction of sp³-hybridized carbons (Fsp3) is 0.375. The molecule has 1 aliphatic rings. The Balaban J connectivity index is 1.84. The van der Waals surface area contributed by atoms with Crippen LogP contribution in [0.25, 0.3) is 0 Å². The minimum absolute atomic E-state index is 0.00363. The second-order valence-corrected chi connectivity index (χ2v) is 10.2. The molecule has 0 radical (unpaired) electrons. The highest BCUT2D eigenvalue weighted by Gasteiger charge is 2.58. The Bertz CT molecular complexity index is 1210. The van der Waals surface area contributed by atoms with Crippen LogP contribution in [-0.2, 0) is 10.7 Å². The first-order valence-corrected chi connectivity index (χ1v) is 11.9. The van der Waals surface area contributed by atoms with Gasteiger partial charge in [-0.15, -0.1) is 0 Å². The van der Waals surface area contributed by atoms with Gasteiger partial charge >= 0.3 is 12.1 Å². The molecule has 2 aromatic rings. The highest BCUT2D eigenvalue weighted by atomic mass is 127. The van der Waals surface area contributed by atoms with Crippen molar-refractivity contribution < 1.29 is 36.3 Å². The molecule has 0 aliphatic heterocycles. The molecular formula is C24H23F5IN3O3. The Kier molecular flexibility index (Phi) is 7.68. The quantitative estimate of drug-likeness (QED) is 0.290. The highest BCUT2D eigenvalue weighted by molar-refractivity contribution is 14.1. The summed E-state index contributed by atoms with van der Waals surface area (Å²) in [5.74, 6) is -6.89. The van der Waals surface area contributed by atoms with E-state index in [9.17, 15) is 36.3 Å². The number of carbonyl (C=O) groups is 3.